The van der Waals surface area contributed by atoms with Crippen LogP contribution in [-0.2, 0) is 0 Å². The second-order valence-electron chi connectivity index (χ2n) is 4.08. The van der Waals surface area contributed by atoms with E-state index in [2.05, 4.69) is 48.3 Å². The van der Waals surface area contributed by atoms with Gasteiger partial charge in [-0.1, -0.05) is 29.5 Å². The van der Waals surface area contributed by atoms with Crippen LogP contribution in [0.3, 0.4) is 0 Å². The molecule has 11 heavy (non-hydrogen) atoms. The van der Waals surface area contributed by atoms with Crippen molar-refractivity contribution in [2.24, 2.45) is 5.92 Å². The van der Waals surface area contributed by atoms with E-state index < -0.39 is 0 Å². The molecule has 1 aliphatic rings. The van der Waals surface area contributed by atoms with Crippen molar-refractivity contribution in [2.45, 2.75) is 37.2 Å². The summed E-state index contributed by atoms with van der Waals surface area (Å²) in [7, 11) is 0. The molecule has 1 nitrogen and oxygen atoms in total. The standard InChI is InChI=1S/C9H18IN/c1-8-4-6-11(7-5-8)9(2,3)10/h8H,4-7H2,1-3H3. The minimum Gasteiger partial charge on any atom is -0.290 e. The molecule has 0 atom stereocenters. The average molecular weight is 267 g/mol. The van der Waals surface area contributed by atoms with E-state index in [1.165, 1.54) is 25.9 Å². The van der Waals surface area contributed by atoms with Gasteiger partial charge in [-0.3, -0.25) is 4.90 Å². The quantitative estimate of drug-likeness (QED) is 0.401. The fraction of sp³-hybridized carbons (Fsp3) is 1.00. The Morgan fingerprint density at radius 2 is 1.73 bits per heavy atom. The maximum atomic E-state index is 2.58. The van der Waals surface area contributed by atoms with Crippen molar-refractivity contribution in [3.63, 3.8) is 0 Å². The molecular formula is C9H18IN. The summed E-state index contributed by atoms with van der Waals surface area (Å²) >= 11 is 2.53. The first-order valence-electron chi connectivity index (χ1n) is 4.44. The van der Waals surface area contributed by atoms with Crippen molar-refractivity contribution in [3.05, 3.63) is 0 Å². The zero-order valence-corrected chi connectivity index (χ0v) is 9.89. The molecule has 1 saturated heterocycles. The minimum atomic E-state index is 0.359. The maximum Gasteiger partial charge on any atom is 0.0673 e. The van der Waals surface area contributed by atoms with Crippen LogP contribution in [0, 0.1) is 5.92 Å². The molecule has 1 aliphatic heterocycles. The Hall–Kier alpha value is 0.690. The van der Waals surface area contributed by atoms with E-state index in [-0.39, 0.29) is 0 Å². The summed E-state index contributed by atoms with van der Waals surface area (Å²) < 4.78 is 0.359. The molecule has 0 aromatic rings. The second-order valence-corrected chi connectivity index (χ2v) is 6.72. The molecule has 0 aromatic carbocycles. The van der Waals surface area contributed by atoms with Crippen molar-refractivity contribution in [1.29, 1.82) is 0 Å². The summed E-state index contributed by atoms with van der Waals surface area (Å²) in [5, 5.41) is 0. The molecule has 66 valence electrons. The van der Waals surface area contributed by atoms with Crippen LogP contribution in [0.1, 0.15) is 33.6 Å². The topological polar surface area (TPSA) is 3.24 Å². The first kappa shape index (κ1) is 9.78. The van der Waals surface area contributed by atoms with Gasteiger partial charge in [-0.25, -0.2) is 0 Å². The first-order valence-corrected chi connectivity index (χ1v) is 5.52. The highest BCUT2D eigenvalue weighted by Gasteiger charge is 2.26. The highest BCUT2D eigenvalue weighted by atomic mass is 127. The Bertz CT molecular complexity index is 120. The lowest BCUT2D eigenvalue weighted by molar-refractivity contribution is 0.147. The van der Waals surface area contributed by atoms with E-state index in [1.807, 2.05) is 0 Å². The zero-order valence-electron chi connectivity index (χ0n) is 7.73. The van der Waals surface area contributed by atoms with Crippen molar-refractivity contribution in [2.75, 3.05) is 13.1 Å². The lowest BCUT2D eigenvalue weighted by Gasteiger charge is -2.38. The summed E-state index contributed by atoms with van der Waals surface area (Å²) in [4.78, 5) is 2.58. The predicted octanol–water partition coefficient (Wildman–Crippen LogP) is 2.89. The largest absolute Gasteiger partial charge is 0.290 e. The molecular weight excluding hydrogens is 249 g/mol. The Kier molecular flexibility index (Phi) is 3.20. The van der Waals surface area contributed by atoms with Gasteiger partial charge in [-0.05, 0) is 45.7 Å². The highest BCUT2D eigenvalue weighted by Crippen LogP contribution is 2.27. The van der Waals surface area contributed by atoms with E-state index in [4.69, 9.17) is 0 Å². The van der Waals surface area contributed by atoms with Crippen molar-refractivity contribution >= 4 is 22.6 Å². The van der Waals surface area contributed by atoms with E-state index in [0.29, 0.717) is 3.55 Å². The van der Waals surface area contributed by atoms with E-state index in [9.17, 15) is 0 Å². The predicted molar refractivity (Wildman–Crippen MR) is 58.1 cm³/mol. The van der Waals surface area contributed by atoms with Crippen molar-refractivity contribution < 1.29 is 0 Å². The third-order valence-corrected chi connectivity index (χ3v) is 3.22. The summed E-state index contributed by atoms with van der Waals surface area (Å²) in [6.45, 7) is 9.53. The fourth-order valence-corrected chi connectivity index (χ4v) is 2.02. The molecule has 0 radical (unpaired) electrons. The first-order chi connectivity index (χ1) is 5.00. The summed E-state index contributed by atoms with van der Waals surface area (Å²) in [6.07, 6.45) is 2.76. The van der Waals surface area contributed by atoms with Crippen molar-refractivity contribution in [1.82, 2.24) is 4.90 Å². The summed E-state index contributed by atoms with van der Waals surface area (Å²) in [6, 6.07) is 0. The molecule has 0 spiro atoms. The second kappa shape index (κ2) is 3.60. The number of hydrogen-bond acceptors (Lipinski definition) is 1. The molecule has 1 rings (SSSR count). The maximum absolute atomic E-state index is 2.58. The molecule has 2 heteroatoms. The average Bonchev–Trinajstić information content (AvgIpc) is 1.86. The molecule has 0 saturated carbocycles. The lowest BCUT2D eigenvalue weighted by atomic mass is 9.98. The van der Waals surface area contributed by atoms with Gasteiger partial charge in [-0.2, -0.15) is 0 Å². The molecule has 0 bridgehead atoms. The van der Waals surface area contributed by atoms with Gasteiger partial charge < -0.3 is 0 Å². The van der Waals surface area contributed by atoms with Gasteiger partial charge in [0.05, 0.1) is 3.55 Å². The molecule has 0 aliphatic carbocycles. The Morgan fingerprint density at radius 3 is 2.09 bits per heavy atom. The third kappa shape index (κ3) is 2.90. The van der Waals surface area contributed by atoms with Crippen LogP contribution in [-0.4, -0.2) is 21.5 Å². The third-order valence-electron chi connectivity index (χ3n) is 2.54. The monoisotopic (exact) mass is 267 g/mol. The summed E-state index contributed by atoms with van der Waals surface area (Å²) in [5.41, 5.74) is 0. The Morgan fingerprint density at radius 1 is 1.27 bits per heavy atom. The van der Waals surface area contributed by atoms with Gasteiger partial charge in [0, 0.05) is 0 Å². The van der Waals surface area contributed by atoms with Gasteiger partial charge in [0.1, 0.15) is 0 Å². The Labute approximate surface area is 83.7 Å². The van der Waals surface area contributed by atoms with Gasteiger partial charge in [0.15, 0.2) is 0 Å². The van der Waals surface area contributed by atoms with Gasteiger partial charge in [0.2, 0.25) is 0 Å². The molecule has 0 unspecified atom stereocenters. The number of piperidine rings is 1. The SMILES string of the molecule is CC1CCN(C(C)(C)I)CC1. The number of hydrogen-bond donors (Lipinski definition) is 0. The minimum absolute atomic E-state index is 0.359. The van der Waals surface area contributed by atoms with E-state index >= 15 is 0 Å². The van der Waals surface area contributed by atoms with Gasteiger partial charge in [-0.15, -0.1) is 0 Å². The molecule has 0 amide bonds. The highest BCUT2D eigenvalue weighted by molar-refractivity contribution is 14.1. The number of likely N-dealkylation sites (tertiary alicyclic amines) is 1. The molecule has 1 fully saturated rings. The molecule has 0 aromatic heterocycles. The van der Waals surface area contributed by atoms with Crippen LogP contribution in [0.5, 0.6) is 0 Å². The van der Waals surface area contributed by atoms with Crippen LogP contribution >= 0.6 is 22.6 Å². The van der Waals surface area contributed by atoms with Crippen LogP contribution in [0.15, 0.2) is 0 Å². The van der Waals surface area contributed by atoms with Crippen molar-refractivity contribution in [3.8, 4) is 0 Å². The van der Waals surface area contributed by atoms with Crippen LogP contribution in [0.4, 0.5) is 0 Å². The fourth-order valence-electron chi connectivity index (χ4n) is 1.54. The summed E-state index contributed by atoms with van der Waals surface area (Å²) in [5.74, 6) is 0.949. The Balaban J connectivity index is 2.39. The molecule has 0 N–H and O–H groups in total. The lowest BCUT2D eigenvalue weighted by Crippen LogP contribution is -2.43. The van der Waals surface area contributed by atoms with E-state index in [0.717, 1.165) is 5.92 Å². The van der Waals surface area contributed by atoms with Gasteiger partial charge >= 0.3 is 0 Å². The smallest absolute Gasteiger partial charge is 0.0673 e. The van der Waals surface area contributed by atoms with E-state index in [1.54, 1.807) is 0 Å². The number of alkyl halides is 1. The number of halogens is 1. The van der Waals surface area contributed by atoms with Crippen LogP contribution in [0.2, 0.25) is 0 Å². The molecule has 1 heterocycles. The van der Waals surface area contributed by atoms with Crippen LogP contribution in [0.25, 0.3) is 0 Å². The number of nitrogens with zero attached hydrogens (tertiary/aromatic N) is 1. The van der Waals surface area contributed by atoms with Gasteiger partial charge in [0.25, 0.3) is 0 Å². The zero-order chi connectivity index (χ0) is 8.48. The number of rotatable bonds is 1. The van der Waals surface area contributed by atoms with Crippen LogP contribution < -0.4 is 0 Å². The normalized spacial score (nSPS) is 24.0.